The van der Waals surface area contributed by atoms with Crippen molar-refractivity contribution in [2.24, 2.45) is 5.73 Å². The number of hydrogen-bond donors (Lipinski definition) is 2. The van der Waals surface area contributed by atoms with Gasteiger partial charge in [-0.1, -0.05) is 17.7 Å². The summed E-state index contributed by atoms with van der Waals surface area (Å²) in [5.74, 6) is -0.535. The van der Waals surface area contributed by atoms with Gasteiger partial charge in [-0.25, -0.2) is 4.68 Å². The summed E-state index contributed by atoms with van der Waals surface area (Å²) in [5, 5.41) is 4.43. The molecule has 1 heterocycles. The lowest BCUT2D eigenvalue weighted by Crippen LogP contribution is -2.09. The third-order valence-electron chi connectivity index (χ3n) is 2.14. The molecular weight excluding hydrogens is 228 g/mol. The fourth-order valence-corrected chi connectivity index (χ4v) is 1.48. The summed E-state index contributed by atoms with van der Waals surface area (Å²) in [5.41, 5.74) is 12.3. The average Bonchev–Trinajstić information content (AvgIpc) is 2.71. The Morgan fingerprint density at radius 3 is 2.81 bits per heavy atom. The first kappa shape index (κ1) is 10.5. The number of primary amides is 1. The van der Waals surface area contributed by atoms with Crippen LogP contribution in [-0.4, -0.2) is 15.7 Å². The SMILES string of the molecule is NC(=O)c1cnn(-c2cccc(Cl)c2N)c1. The molecule has 2 aromatic rings. The van der Waals surface area contributed by atoms with Crippen LogP contribution in [0.4, 0.5) is 5.69 Å². The second-order valence-corrected chi connectivity index (χ2v) is 3.62. The summed E-state index contributed by atoms with van der Waals surface area (Å²) in [4.78, 5) is 10.9. The minimum Gasteiger partial charge on any atom is -0.396 e. The van der Waals surface area contributed by atoms with Crippen LogP contribution in [0.1, 0.15) is 10.4 Å². The molecule has 5 nitrogen and oxygen atoms in total. The molecule has 1 aromatic heterocycles. The van der Waals surface area contributed by atoms with Gasteiger partial charge in [0, 0.05) is 6.20 Å². The van der Waals surface area contributed by atoms with Gasteiger partial charge in [0.15, 0.2) is 0 Å². The Balaban J connectivity index is 2.50. The first-order valence-corrected chi connectivity index (χ1v) is 4.86. The molecule has 16 heavy (non-hydrogen) atoms. The maximum Gasteiger partial charge on any atom is 0.251 e. The number of anilines is 1. The Morgan fingerprint density at radius 2 is 2.19 bits per heavy atom. The molecule has 0 atom stereocenters. The number of amides is 1. The summed E-state index contributed by atoms with van der Waals surface area (Å²) in [6, 6.07) is 5.18. The van der Waals surface area contributed by atoms with Crippen molar-refractivity contribution in [3.05, 3.63) is 41.2 Å². The van der Waals surface area contributed by atoms with Gasteiger partial charge in [0.05, 0.1) is 28.2 Å². The van der Waals surface area contributed by atoms with Gasteiger partial charge in [-0.15, -0.1) is 0 Å². The van der Waals surface area contributed by atoms with Gasteiger partial charge in [-0.05, 0) is 12.1 Å². The van der Waals surface area contributed by atoms with Crippen molar-refractivity contribution in [1.82, 2.24) is 9.78 Å². The number of carbonyl (C=O) groups excluding carboxylic acids is 1. The smallest absolute Gasteiger partial charge is 0.251 e. The largest absolute Gasteiger partial charge is 0.396 e. The zero-order valence-electron chi connectivity index (χ0n) is 8.22. The molecule has 2 rings (SSSR count). The normalized spacial score (nSPS) is 10.3. The van der Waals surface area contributed by atoms with E-state index in [1.807, 2.05) is 0 Å². The van der Waals surface area contributed by atoms with E-state index in [2.05, 4.69) is 5.10 Å². The average molecular weight is 237 g/mol. The van der Waals surface area contributed by atoms with Gasteiger partial charge >= 0.3 is 0 Å². The molecular formula is C10H9ClN4O. The van der Waals surface area contributed by atoms with Crippen LogP contribution in [0.3, 0.4) is 0 Å². The molecule has 1 amide bonds. The number of aromatic nitrogens is 2. The van der Waals surface area contributed by atoms with E-state index in [-0.39, 0.29) is 0 Å². The number of nitrogen functional groups attached to an aromatic ring is 1. The van der Waals surface area contributed by atoms with Gasteiger partial charge in [0.1, 0.15) is 0 Å². The topological polar surface area (TPSA) is 86.9 Å². The van der Waals surface area contributed by atoms with E-state index < -0.39 is 5.91 Å². The molecule has 0 unspecified atom stereocenters. The minimum absolute atomic E-state index is 0.319. The molecule has 6 heteroatoms. The Labute approximate surface area is 96.6 Å². The predicted octanol–water partition coefficient (Wildman–Crippen LogP) is 1.21. The van der Waals surface area contributed by atoms with Crippen LogP contribution in [-0.2, 0) is 0 Å². The predicted molar refractivity (Wildman–Crippen MR) is 61.5 cm³/mol. The molecule has 0 aliphatic heterocycles. The fraction of sp³-hybridized carbons (Fsp3) is 0. The van der Waals surface area contributed by atoms with Crippen molar-refractivity contribution < 1.29 is 4.79 Å². The van der Waals surface area contributed by atoms with Gasteiger partial charge in [-0.3, -0.25) is 4.79 Å². The van der Waals surface area contributed by atoms with Gasteiger partial charge in [-0.2, -0.15) is 5.10 Å². The van der Waals surface area contributed by atoms with Crippen molar-refractivity contribution in [2.45, 2.75) is 0 Å². The quantitative estimate of drug-likeness (QED) is 0.769. The van der Waals surface area contributed by atoms with E-state index in [4.69, 9.17) is 23.1 Å². The van der Waals surface area contributed by atoms with Crippen LogP contribution in [0.25, 0.3) is 5.69 Å². The lowest BCUT2D eigenvalue weighted by molar-refractivity contribution is 0.100. The van der Waals surface area contributed by atoms with Crippen LogP contribution in [0.2, 0.25) is 5.02 Å². The molecule has 0 aliphatic rings. The van der Waals surface area contributed by atoms with E-state index in [1.54, 1.807) is 18.2 Å². The summed E-state index contributed by atoms with van der Waals surface area (Å²) in [6.45, 7) is 0. The second-order valence-electron chi connectivity index (χ2n) is 3.21. The number of rotatable bonds is 2. The molecule has 0 radical (unpaired) electrons. The first-order chi connectivity index (χ1) is 7.59. The van der Waals surface area contributed by atoms with Crippen LogP contribution in [0.15, 0.2) is 30.6 Å². The van der Waals surface area contributed by atoms with Crippen LogP contribution < -0.4 is 11.5 Å². The highest BCUT2D eigenvalue weighted by Crippen LogP contribution is 2.25. The zero-order chi connectivity index (χ0) is 11.7. The summed E-state index contributed by atoms with van der Waals surface area (Å²) in [7, 11) is 0. The zero-order valence-corrected chi connectivity index (χ0v) is 8.98. The summed E-state index contributed by atoms with van der Waals surface area (Å²) in [6.07, 6.45) is 2.88. The van der Waals surface area contributed by atoms with E-state index in [9.17, 15) is 4.79 Å². The Bertz CT molecular complexity index is 550. The van der Waals surface area contributed by atoms with Crippen LogP contribution in [0, 0.1) is 0 Å². The minimum atomic E-state index is -0.535. The highest BCUT2D eigenvalue weighted by atomic mass is 35.5. The van der Waals surface area contributed by atoms with E-state index in [0.29, 0.717) is 22.0 Å². The van der Waals surface area contributed by atoms with Crippen molar-refractivity contribution in [1.29, 1.82) is 0 Å². The Morgan fingerprint density at radius 1 is 1.44 bits per heavy atom. The van der Waals surface area contributed by atoms with E-state index >= 15 is 0 Å². The molecule has 4 N–H and O–H groups in total. The fourth-order valence-electron chi connectivity index (χ4n) is 1.31. The van der Waals surface area contributed by atoms with Crippen molar-refractivity contribution in [3.63, 3.8) is 0 Å². The molecule has 0 saturated carbocycles. The number of hydrogen-bond acceptors (Lipinski definition) is 3. The summed E-state index contributed by atoms with van der Waals surface area (Å²) >= 11 is 5.88. The lowest BCUT2D eigenvalue weighted by Gasteiger charge is -2.06. The van der Waals surface area contributed by atoms with Gasteiger partial charge in [0.25, 0.3) is 5.91 Å². The Kier molecular flexibility index (Phi) is 2.54. The number of benzene rings is 1. The first-order valence-electron chi connectivity index (χ1n) is 4.48. The number of para-hydroxylation sites is 1. The Hall–Kier alpha value is -2.01. The standard InChI is InChI=1S/C10H9ClN4O/c11-7-2-1-3-8(9(7)12)15-5-6(4-14-15)10(13)16/h1-5H,12H2,(H2,13,16). The molecule has 1 aromatic carbocycles. The van der Waals surface area contributed by atoms with Crippen molar-refractivity contribution >= 4 is 23.2 Å². The molecule has 0 spiro atoms. The molecule has 0 fully saturated rings. The van der Waals surface area contributed by atoms with Crippen LogP contribution in [0.5, 0.6) is 0 Å². The number of carbonyl (C=O) groups is 1. The maximum atomic E-state index is 10.9. The molecule has 82 valence electrons. The highest BCUT2D eigenvalue weighted by molar-refractivity contribution is 6.33. The van der Waals surface area contributed by atoms with Crippen molar-refractivity contribution in [3.8, 4) is 5.69 Å². The van der Waals surface area contributed by atoms with Crippen LogP contribution >= 0.6 is 11.6 Å². The number of halogens is 1. The third-order valence-corrected chi connectivity index (χ3v) is 2.47. The summed E-state index contributed by atoms with van der Waals surface area (Å²) < 4.78 is 1.46. The second kappa shape index (κ2) is 3.86. The number of nitrogens with zero attached hydrogens (tertiary/aromatic N) is 2. The van der Waals surface area contributed by atoms with E-state index in [0.717, 1.165) is 0 Å². The third kappa shape index (κ3) is 1.72. The molecule has 0 aliphatic carbocycles. The maximum absolute atomic E-state index is 10.9. The molecule has 0 bridgehead atoms. The van der Waals surface area contributed by atoms with Gasteiger partial charge < -0.3 is 11.5 Å². The van der Waals surface area contributed by atoms with Crippen molar-refractivity contribution in [2.75, 3.05) is 5.73 Å². The monoisotopic (exact) mass is 236 g/mol. The molecule has 0 saturated heterocycles. The number of nitrogens with two attached hydrogens (primary N) is 2. The van der Waals surface area contributed by atoms with Gasteiger partial charge in [0.2, 0.25) is 0 Å². The van der Waals surface area contributed by atoms with E-state index in [1.165, 1.54) is 17.1 Å². The lowest BCUT2D eigenvalue weighted by atomic mass is 10.2. The highest BCUT2D eigenvalue weighted by Gasteiger charge is 2.09.